The quantitative estimate of drug-likeness (QED) is 0.500. The summed E-state index contributed by atoms with van der Waals surface area (Å²) in [7, 11) is 0. The predicted molar refractivity (Wildman–Crippen MR) is 81.4 cm³/mol. The monoisotopic (exact) mass is 322 g/mol. The van der Waals surface area contributed by atoms with Gasteiger partial charge in [-0.2, -0.15) is 0 Å². The number of rotatable bonds is 5. The van der Waals surface area contributed by atoms with Gasteiger partial charge in [0.1, 0.15) is 0 Å². The van der Waals surface area contributed by atoms with E-state index in [4.69, 9.17) is 5.84 Å². The number of nitrogens with two attached hydrogens (primary N) is 1. The maximum Gasteiger partial charge on any atom is 0.0553 e. The molecule has 0 aliphatic rings. The number of benzene rings is 2. The van der Waals surface area contributed by atoms with E-state index in [2.05, 4.69) is 45.6 Å². The van der Waals surface area contributed by atoms with Gasteiger partial charge in [0, 0.05) is 15.1 Å². The molecular weight excluding hydrogens is 308 g/mol. The van der Waals surface area contributed by atoms with Crippen molar-refractivity contribution < 1.29 is 0 Å². The molecule has 0 heterocycles. The Labute approximate surface area is 120 Å². The molecule has 94 valence electrons. The zero-order chi connectivity index (χ0) is 12.8. The highest BCUT2D eigenvalue weighted by Gasteiger charge is 2.09. The van der Waals surface area contributed by atoms with Crippen LogP contribution >= 0.6 is 27.7 Å². The van der Waals surface area contributed by atoms with Gasteiger partial charge in [0.2, 0.25) is 0 Å². The van der Waals surface area contributed by atoms with Crippen LogP contribution in [-0.4, -0.2) is 5.75 Å². The highest BCUT2D eigenvalue weighted by Crippen LogP contribution is 2.26. The van der Waals surface area contributed by atoms with Crippen molar-refractivity contribution in [3.63, 3.8) is 0 Å². The molecule has 2 aromatic carbocycles. The molecule has 0 bridgehead atoms. The van der Waals surface area contributed by atoms with Crippen molar-refractivity contribution in [1.29, 1.82) is 0 Å². The second kappa shape index (κ2) is 6.95. The van der Waals surface area contributed by atoms with Crippen molar-refractivity contribution in [2.24, 2.45) is 5.84 Å². The van der Waals surface area contributed by atoms with E-state index in [9.17, 15) is 0 Å². The lowest BCUT2D eigenvalue weighted by atomic mass is 10.1. The molecule has 0 aromatic heterocycles. The lowest BCUT2D eigenvalue weighted by molar-refractivity contribution is 0.611. The van der Waals surface area contributed by atoms with Gasteiger partial charge in [0.15, 0.2) is 0 Å². The Morgan fingerprint density at radius 3 is 2.56 bits per heavy atom. The van der Waals surface area contributed by atoms with Crippen LogP contribution in [0.5, 0.6) is 0 Å². The minimum Gasteiger partial charge on any atom is -0.271 e. The highest BCUT2D eigenvalue weighted by molar-refractivity contribution is 9.10. The number of halogens is 1. The van der Waals surface area contributed by atoms with E-state index >= 15 is 0 Å². The lowest BCUT2D eigenvalue weighted by Crippen LogP contribution is -2.29. The van der Waals surface area contributed by atoms with Crippen LogP contribution in [0.1, 0.15) is 11.6 Å². The van der Waals surface area contributed by atoms with Crippen molar-refractivity contribution in [2.45, 2.75) is 10.9 Å². The molecule has 2 rings (SSSR count). The summed E-state index contributed by atoms with van der Waals surface area (Å²) in [5.74, 6) is 6.53. The van der Waals surface area contributed by atoms with Crippen LogP contribution in [0.3, 0.4) is 0 Å². The standard InChI is InChI=1S/C14H15BrN2S/c15-12-7-4-8-13(9-12)18-10-14(17-16)11-5-2-1-3-6-11/h1-9,14,17H,10,16H2. The molecular formula is C14H15BrN2S. The Morgan fingerprint density at radius 1 is 1.11 bits per heavy atom. The van der Waals surface area contributed by atoms with Crippen molar-refractivity contribution in [3.8, 4) is 0 Å². The molecule has 1 atom stereocenters. The topological polar surface area (TPSA) is 38.0 Å². The molecule has 0 radical (unpaired) electrons. The summed E-state index contributed by atoms with van der Waals surface area (Å²) in [5.41, 5.74) is 4.08. The fourth-order valence-electron chi connectivity index (χ4n) is 1.66. The fourth-order valence-corrected chi connectivity index (χ4v) is 3.25. The Hall–Kier alpha value is -0.810. The Balaban J connectivity index is 2.00. The van der Waals surface area contributed by atoms with E-state index in [1.54, 1.807) is 11.8 Å². The van der Waals surface area contributed by atoms with Crippen LogP contribution < -0.4 is 11.3 Å². The summed E-state index contributed by atoms with van der Waals surface area (Å²) in [6, 6.07) is 18.7. The third-order valence-corrected chi connectivity index (χ3v) is 4.20. The fraction of sp³-hybridized carbons (Fsp3) is 0.143. The molecule has 2 nitrogen and oxygen atoms in total. The first-order valence-electron chi connectivity index (χ1n) is 5.69. The van der Waals surface area contributed by atoms with Crippen LogP contribution in [0.4, 0.5) is 0 Å². The maximum absolute atomic E-state index is 5.63. The van der Waals surface area contributed by atoms with E-state index in [-0.39, 0.29) is 6.04 Å². The minimum absolute atomic E-state index is 0.162. The number of hydrazine groups is 1. The first kappa shape index (κ1) is 13.6. The summed E-state index contributed by atoms with van der Waals surface area (Å²) in [6.07, 6.45) is 0. The number of hydrogen-bond acceptors (Lipinski definition) is 3. The highest BCUT2D eigenvalue weighted by atomic mass is 79.9. The summed E-state index contributed by atoms with van der Waals surface area (Å²) in [5, 5.41) is 0. The smallest absolute Gasteiger partial charge is 0.0553 e. The zero-order valence-corrected chi connectivity index (χ0v) is 12.2. The molecule has 2 aromatic rings. The van der Waals surface area contributed by atoms with Gasteiger partial charge in [-0.3, -0.25) is 11.3 Å². The van der Waals surface area contributed by atoms with Gasteiger partial charge < -0.3 is 0 Å². The number of hydrogen-bond donors (Lipinski definition) is 2. The van der Waals surface area contributed by atoms with Crippen LogP contribution in [0, 0.1) is 0 Å². The van der Waals surface area contributed by atoms with Gasteiger partial charge in [-0.1, -0.05) is 52.3 Å². The molecule has 3 N–H and O–H groups in total. The van der Waals surface area contributed by atoms with Crippen LogP contribution in [-0.2, 0) is 0 Å². The van der Waals surface area contributed by atoms with Gasteiger partial charge >= 0.3 is 0 Å². The maximum atomic E-state index is 5.63. The van der Waals surface area contributed by atoms with Crippen LogP contribution in [0.15, 0.2) is 64.0 Å². The molecule has 0 saturated heterocycles. The van der Waals surface area contributed by atoms with Gasteiger partial charge in [-0.25, -0.2) is 0 Å². The molecule has 1 unspecified atom stereocenters. The third-order valence-electron chi connectivity index (χ3n) is 2.62. The summed E-state index contributed by atoms with van der Waals surface area (Å²) >= 11 is 5.27. The second-order valence-electron chi connectivity index (χ2n) is 3.90. The molecule has 0 spiro atoms. The van der Waals surface area contributed by atoms with Crippen molar-refractivity contribution >= 4 is 27.7 Å². The third kappa shape index (κ3) is 3.85. The first-order valence-corrected chi connectivity index (χ1v) is 7.47. The molecule has 0 aliphatic carbocycles. The summed E-state index contributed by atoms with van der Waals surface area (Å²) in [4.78, 5) is 1.24. The van der Waals surface area contributed by atoms with E-state index in [1.807, 2.05) is 30.3 Å². The second-order valence-corrected chi connectivity index (χ2v) is 5.91. The van der Waals surface area contributed by atoms with Gasteiger partial charge in [0.05, 0.1) is 6.04 Å². The summed E-state index contributed by atoms with van der Waals surface area (Å²) in [6.45, 7) is 0. The number of nitrogens with one attached hydrogen (secondary N) is 1. The van der Waals surface area contributed by atoms with Crippen molar-refractivity contribution in [1.82, 2.24) is 5.43 Å². The lowest BCUT2D eigenvalue weighted by Gasteiger charge is -2.15. The summed E-state index contributed by atoms with van der Waals surface area (Å²) < 4.78 is 1.10. The molecule has 0 saturated carbocycles. The SMILES string of the molecule is NNC(CSc1cccc(Br)c1)c1ccccc1. The van der Waals surface area contributed by atoms with Crippen LogP contribution in [0.2, 0.25) is 0 Å². The Morgan fingerprint density at radius 2 is 1.89 bits per heavy atom. The Kier molecular flexibility index (Phi) is 5.26. The largest absolute Gasteiger partial charge is 0.271 e. The molecule has 0 aliphatic heterocycles. The van der Waals surface area contributed by atoms with Crippen LogP contribution in [0.25, 0.3) is 0 Å². The molecule has 0 fully saturated rings. The molecule has 0 amide bonds. The van der Waals surface area contributed by atoms with Crippen molar-refractivity contribution in [2.75, 3.05) is 5.75 Å². The Bertz CT molecular complexity index is 490. The average Bonchev–Trinajstić information content (AvgIpc) is 2.41. The van der Waals surface area contributed by atoms with E-state index in [0.29, 0.717) is 0 Å². The minimum atomic E-state index is 0.162. The average molecular weight is 323 g/mol. The zero-order valence-electron chi connectivity index (χ0n) is 9.84. The van der Waals surface area contributed by atoms with Crippen molar-refractivity contribution in [3.05, 3.63) is 64.6 Å². The van der Waals surface area contributed by atoms with Gasteiger partial charge in [-0.05, 0) is 23.8 Å². The predicted octanol–water partition coefficient (Wildman–Crippen LogP) is 3.75. The van der Waals surface area contributed by atoms with E-state index in [0.717, 1.165) is 10.2 Å². The first-order chi connectivity index (χ1) is 8.79. The van der Waals surface area contributed by atoms with Gasteiger partial charge in [-0.15, -0.1) is 11.8 Å². The normalized spacial score (nSPS) is 12.3. The molecule has 4 heteroatoms. The molecule has 18 heavy (non-hydrogen) atoms. The van der Waals surface area contributed by atoms with E-state index < -0.39 is 0 Å². The number of thioether (sulfide) groups is 1. The van der Waals surface area contributed by atoms with Gasteiger partial charge in [0.25, 0.3) is 0 Å². The van der Waals surface area contributed by atoms with E-state index in [1.165, 1.54) is 10.5 Å².